The molecule has 4 nitrogen and oxygen atoms in total. The number of nitrogens with one attached hydrogen (secondary N) is 1. The molecule has 0 saturated carbocycles. The molecule has 4 heteroatoms. The van der Waals surface area contributed by atoms with Crippen molar-refractivity contribution in [2.75, 3.05) is 13.7 Å². The van der Waals surface area contributed by atoms with Gasteiger partial charge in [-0.3, -0.25) is 9.59 Å². The summed E-state index contributed by atoms with van der Waals surface area (Å²) in [7, 11) is 1.43. The fourth-order valence-corrected chi connectivity index (χ4v) is 2.31. The van der Waals surface area contributed by atoms with E-state index in [-0.39, 0.29) is 11.9 Å². The lowest BCUT2D eigenvalue weighted by atomic mass is 10.0. The van der Waals surface area contributed by atoms with Crippen molar-refractivity contribution in [3.8, 4) is 0 Å². The van der Waals surface area contributed by atoms with Gasteiger partial charge in [0.15, 0.2) is 0 Å². The number of aryl methyl sites for hydroxylation is 1. The zero-order chi connectivity index (χ0) is 16.2. The lowest BCUT2D eigenvalue weighted by Crippen LogP contribution is -2.22. The highest BCUT2D eigenvalue weighted by molar-refractivity contribution is 5.72. The van der Waals surface area contributed by atoms with Crippen molar-refractivity contribution < 1.29 is 14.3 Å². The van der Waals surface area contributed by atoms with Gasteiger partial charge in [-0.2, -0.15) is 0 Å². The van der Waals surface area contributed by atoms with Gasteiger partial charge in [0.25, 0.3) is 0 Å². The molecule has 0 heterocycles. The van der Waals surface area contributed by atoms with Crippen molar-refractivity contribution in [2.45, 2.75) is 51.9 Å². The van der Waals surface area contributed by atoms with Crippen molar-refractivity contribution >= 4 is 11.9 Å². The number of hydrogen-bond donors (Lipinski definition) is 1. The van der Waals surface area contributed by atoms with Crippen LogP contribution in [0, 0.1) is 0 Å². The highest BCUT2D eigenvalue weighted by Gasteiger charge is 2.00. The van der Waals surface area contributed by atoms with Crippen LogP contribution in [0.1, 0.15) is 50.2 Å². The summed E-state index contributed by atoms with van der Waals surface area (Å²) in [5.74, 6) is -0.0985. The number of methoxy groups -OCH3 is 1. The second-order valence-corrected chi connectivity index (χ2v) is 5.54. The molecule has 1 rings (SSSR count). The number of ether oxygens (including phenoxy) is 1. The van der Waals surface area contributed by atoms with Crippen molar-refractivity contribution in [1.29, 1.82) is 0 Å². The van der Waals surface area contributed by atoms with Gasteiger partial charge in [-0.1, -0.05) is 37.1 Å². The number of benzene rings is 1. The maximum absolute atomic E-state index is 11.0. The molecule has 0 aliphatic carbocycles. The summed E-state index contributed by atoms with van der Waals surface area (Å²) in [5, 5.41) is 2.80. The number of unbranched alkanes of at least 4 members (excludes halogenated alkanes) is 3. The Bertz CT molecular complexity index is 454. The topological polar surface area (TPSA) is 55.4 Å². The molecule has 0 aliphatic heterocycles. The molecule has 0 unspecified atom stereocenters. The minimum absolute atomic E-state index is 0.0174. The molecule has 0 aliphatic rings. The summed E-state index contributed by atoms with van der Waals surface area (Å²) in [5.41, 5.74) is 2.59. The molecule has 0 atom stereocenters. The molecular weight excluding hydrogens is 278 g/mol. The Balaban J connectivity index is 2.13. The van der Waals surface area contributed by atoms with E-state index >= 15 is 0 Å². The first kappa shape index (κ1) is 18.2. The minimum Gasteiger partial charge on any atom is -0.469 e. The second kappa shape index (κ2) is 10.8. The van der Waals surface area contributed by atoms with Gasteiger partial charge in [-0.05, 0) is 36.8 Å². The first-order chi connectivity index (χ1) is 10.6. The van der Waals surface area contributed by atoms with Gasteiger partial charge >= 0.3 is 5.97 Å². The van der Waals surface area contributed by atoms with E-state index in [1.54, 1.807) is 0 Å². The predicted octanol–water partition coefficient (Wildman–Crippen LogP) is 3.03. The first-order valence-electron chi connectivity index (χ1n) is 8.01. The molecule has 0 bridgehead atoms. The fourth-order valence-electron chi connectivity index (χ4n) is 2.31. The Morgan fingerprint density at radius 1 is 0.955 bits per heavy atom. The van der Waals surface area contributed by atoms with Gasteiger partial charge in [0.1, 0.15) is 0 Å². The van der Waals surface area contributed by atoms with E-state index in [9.17, 15) is 9.59 Å². The standard InChI is InChI=1S/C18H27NO3/c1-15(20)19-14-13-17-11-9-16(10-12-17)7-5-3-4-6-8-18(21)22-2/h9-12H,3-8,13-14H2,1-2H3,(H,19,20). The average Bonchev–Trinajstić information content (AvgIpc) is 2.51. The third kappa shape index (κ3) is 8.45. The number of rotatable bonds is 10. The van der Waals surface area contributed by atoms with Crippen LogP contribution in [-0.2, 0) is 27.2 Å². The molecule has 122 valence electrons. The van der Waals surface area contributed by atoms with Crippen LogP contribution in [0.5, 0.6) is 0 Å². The smallest absolute Gasteiger partial charge is 0.305 e. The summed E-state index contributed by atoms with van der Waals surface area (Å²) >= 11 is 0. The average molecular weight is 305 g/mol. The van der Waals surface area contributed by atoms with E-state index in [0.29, 0.717) is 13.0 Å². The van der Waals surface area contributed by atoms with Gasteiger partial charge in [-0.15, -0.1) is 0 Å². The Kier molecular flexibility index (Phi) is 8.96. The maximum atomic E-state index is 11.0. The van der Waals surface area contributed by atoms with Gasteiger partial charge in [0, 0.05) is 19.9 Å². The van der Waals surface area contributed by atoms with Crippen LogP contribution in [0.25, 0.3) is 0 Å². The monoisotopic (exact) mass is 305 g/mol. The van der Waals surface area contributed by atoms with Crippen molar-refractivity contribution in [3.63, 3.8) is 0 Å². The number of hydrogen-bond acceptors (Lipinski definition) is 3. The van der Waals surface area contributed by atoms with Gasteiger partial charge in [0.05, 0.1) is 7.11 Å². The summed E-state index contributed by atoms with van der Waals surface area (Å²) in [4.78, 5) is 21.8. The van der Waals surface area contributed by atoms with Crippen LogP contribution in [-0.4, -0.2) is 25.5 Å². The SMILES string of the molecule is COC(=O)CCCCCCc1ccc(CCNC(C)=O)cc1. The van der Waals surface area contributed by atoms with Crippen LogP contribution in [0.2, 0.25) is 0 Å². The van der Waals surface area contributed by atoms with Crippen LogP contribution in [0.4, 0.5) is 0 Å². The molecule has 22 heavy (non-hydrogen) atoms. The third-order valence-electron chi connectivity index (χ3n) is 3.63. The lowest BCUT2D eigenvalue weighted by Gasteiger charge is -2.05. The maximum Gasteiger partial charge on any atom is 0.305 e. The molecule has 0 radical (unpaired) electrons. The van der Waals surface area contributed by atoms with Crippen LogP contribution in [0.15, 0.2) is 24.3 Å². The largest absolute Gasteiger partial charge is 0.469 e. The van der Waals surface area contributed by atoms with Crippen molar-refractivity contribution in [1.82, 2.24) is 5.32 Å². The molecule has 0 spiro atoms. The Morgan fingerprint density at radius 3 is 2.14 bits per heavy atom. The zero-order valence-corrected chi connectivity index (χ0v) is 13.7. The molecular formula is C18H27NO3. The highest BCUT2D eigenvalue weighted by atomic mass is 16.5. The predicted molar refractivity (Wildman–Crippen MR) is 87.6 cm³/mol. The Hall–Kier alpha value is -1.84. The van der Waals surface area contributed by atoms with E-state index in [1.807, 2.05) is 0 Å². The Labute approximate surface area is 133 Å². The van der Waals surface area contributed by atoms with Gasteiger partial charge < -0.3 is 10.1 Å². The number of amides is 1. The van der Waals surface area contributed by atoms with E-state index in [4.69, 9.17) is 0 Å². The fraction of sp³-hybridized carbons (Fsp3) is 0.556. The normalized spacial score (nSPS) is 10.3. The highest BCUT2D eigenvalue weighted by Crippen LogP contribution is 2.11. The molecule has 1 aromatic rings. The molecule has 0 aromatic heterocycles. The van der Waals surface area contributed by atoms with Gasteiger partial charge in [0.2, 0.25) is 5.91 Å². The molecule has 0 fully saturated rings. The summed E-state index contributed by atoms with van der Waals surface area (Å²) < 4.78 is 4.62. The van der Waals surface area contributed by atoms with E-state index < -0.39 is 0 Å². The molecule has 1 amide bonds. The van der Waals surface area contributed by atoms with Gasteiger partial charge in [-0.25, -0.2) is 0 Å². The quantitative estimate of drug-likeness (QED) is 0.534. The lowest BCUT2D eigenvalue weighted by molar-refractivity contribution is -0.140. The number of carbonyl (C=O) groups excluding carboxylic acids is 2. The summed E-state index contributed by atoms with van der Waals surface area (Å²) in [6.45, 7) is 2.23. The molecule has 1 N–H and O–H groups in total. The van der Waals surface area contributed by atoms with Crippen LogP contribution in [0.3, 0.4) is 0 Å². The van der Waals surface area contributed by atoms with E-state index in [0.717, 1.165) is 38.5 Å². The van der Waals surface area contributed by atoms with Crippen molar-refractivity contribution in [2.24, 2.45) is 0 Å². The third-order valence-corrected chi connectivity index (χ3v) is 3.63. The zero-order valence-electron chi connectivity index (χ0n) is 13.7. The second-order valence-electron chi connectivity index (χ2n) is 5.54. The summed E-state index contributed by atoms with van der Waals surface area (Å²) in [6, 6.07) is 8.60. The number of carbonyl (C=O) groups is 2. The van der Waals surface area contributed by atoms with Crippen molar-refractivity contribution in [3.05, 3.63) is 35.4 Å². The number of esters is 1. The van der Waals surface area contributed by atoms with Crippen LogP contribution >= 0.6 is 0 Å². The molecule has 1 aromatic carbocycles. The minimum atomic E-state index is -0.116. The van der Waals surface area contributed by atoms with E-state index in [2.05, 4.69) is 34.3 Å². The van der Waals surface area contributed by atoms with Crippen LogP contribution < -0.4 is 5.32 Å². The van der Waals surface area contributed by atoms with E-state index in [1.165, 1.54) is 25.2 Å². The first-order valence-corrected chi connectivity index (χ1v) is 8.01. The Morgan fingerprint density at radius 2 is 1.55 bits per heavy atom. The molecule has 0 saturated heterocycles. The summed E-state index contributed by atoms with van der Waals surface area (Å²) in [6.07, 6.45) is 6.74.